The van der Waals surface area contributed by atoms with Gasteiger partial charge in [0.2, 0.25) is 0 Å². The molecule has 0 spiro atoms. The molecule has 0 bridgehead atoms. The van der Waals surface area contributed by atoms with E-state index < -0.39 is 17.3 Å². The molecule has 1 heterocycles. The number of methoxy groups -OCH3 is 2. The third-order valence-electron chi connectivity index (χ3n) is 7.57. The molecule has 3 unspecified atom stereocenters. The van der Waals surface area contributed by atoms with Gasteiger partial charge in [-0.3, -0.25) is 4.79 Å². The molecule has 38 heavy (non-hydrogen) atoms. The monoisotopic (exact) mass is 528 g/mol. The molecule has 3 rings (SSSR count). The molecular weight excluding hydrogens is 484 g/mol. The van der Waals surface area contributed by atoms with Gasteiger partial charge in [-0.05, 0) is 35.7 Å². The lowest BCUT2D eigenvalue weighted by Crippen LogP contribution is -2.45. The zero-order valence-electron chi connectivity index (χ0n) is 23.4. The molecule has 2 aromatic rings. The lowest BCUT2D eigenvalue weighted by molar-refractivity contribution is -0.144. The van der Waals surface area contributed by atoms with Gasteiger partial charge in [-0.2, -0.15) is 0 Å². The van der Waals surface area contributed by atoms with E-state index in [1.54, 1.807) is 14.2 Å². The van der Waals surface area contributed by atoms with Crippen molar-refractivity contribution < 1.29 is 33.6 Å². The van der Waals surface area contributed by atoms with Crippen molar-refractivity contribution in [3.63, 3.8) is 0 Å². The van der Waals surface area contributed by atoms with Gasteiger partial charge < -0.3 is 28.8 Å². The van der Waals surface area contributed by atoms with Gasteiger partial charge in [0.25, 0.3) is 0 Å². The molecule has 1 aliphatic rings. The Hall–Kier alpha value is -2.77. The topological polar surface area (TPSA) is 83.5 Å². The maximum Gasteiger partial charge on any atom is 0.307 e. The number of unbranched alkanes of at least 4 members (excludes halogenated alkanes) is 6. The summed E-state index contributed by atoms with van der Waals surface area (Å²) >= 11 is 0. The average molecular weight is 529 g/mol. The number of carbonyl (C=O) groups is 1. The van der Waals surface area contributed by atoms with E-state index in [1.807, 2.05) is 42.5 Å². The molecule has 7 nitrogen and oxygen atoms in total. The predicted molar refractivity (Wildman–Crippen MR) is 147 cm³/mol. The molecule has 0 amide bonds. The number of fused-ring (bicyclic) bond motifs is 1. The Morgan fingerprint density at radius 2 is 1.55 bits per heavy atom. The van der Waals surface area contributed by atoms with Crippen LogP contribution in [0.1, 0.15) is 82.3 Å². The van der Waals surface area contributed by atoms with Crippen molar-refractivity contribution in [2.75, 3.05) is 34.4 Å². The van der Waals surface area contributed by atoms with Crippen LogP contribution in [-0.4, -0.2) is 45.5 Å². The first-order valence-corrected chi connectivity index (χ1v) is 13.8. The second-order valence-electron chi connectivity index (χ2n) is 10.4. The maximum atomic E-state index is 12.8. The SMILES string of the molecule is CCCCCCCCCC(C(=O)O)C1c2ccc(OCOC)cc2OCC1(C)c1ccc(OCOC)cc1. The Balaban J connectivity index is 1.90. The van der Waals surface area contributed by atoms with Crippen LogP contribution in [-0.2, 0) is 19.7 Å². The van der Waals surface area contributed by atoms with Crippen molar-refractivity contribution >= 4 is 5.97 Å². The average Bonchev–Trinajstić information content (AvgIpc) is 2.93. The predicted octanol–water partition coefficient (Wildman–Crippen LogP) is 6.93. The zero-order valence-corrected chi connectivity index (χ0v) is 23.4. The molecule has 0 aromatic heterocycles. The molecule has 2 aromatic carbocycles. The second kappa shape index (κ2) is 15.0. The lowest BCUT2D eigenvalue weighted by atomic mass is 9.62. The molecule has 1 N–H and O–H groups in total. The fourth-order valence-corrected chi connectivity index (χ4v) is 5.51. The van der Waals surface area contributed by atoms with E-state index in [9.17, 15) is 9.90 Å². The fourth-order valence-electron chi connectivity index (χ4n) is 5.51. The fraction of sp³-hybridized carbons (Fsp3) is 0.581. The minimum absolute atomic E-state index is 0.132. The van der Waals surface area contributed by atoms with E-state index in [1.165, 1.54) is 25.7 Å². The maximum absolute atomic E-state index is 12.8. The first-order chi connectivity index (χ1) is 18.4. The van der Waals surface area contributed by atoms with Gasteiger partial charge in [0, 0.05) is 31.6 Å². The Morgan fingerprint density at radius 1 is 0.947 bits per heavy atom. The summed E-state index contributed by atoms with van der Waals surface area (Å²) in [7, 11) is 3.16. The number of aliphatic carboxylic acids is 1. The van der Waals surface area contributed by atoms with Gasteiger partial charge in [-0.15, -0.1) is 0 Å². The number of carboxylic acids is 1. The van der Waals surface area contributed by atoms with E-state index >= 15 is 0 Å². The summed E-state index contributed by atoms with van der Waals surface area (Å²) in [5.41, 5.74) is 1.37. The Kier molecular flexibility index (Phi) is 11.7. The van der Waals surface area contributed by atoms with Gasteiger partial charge in [0.1, 0.15) is 17.2 Å². The molecule has 0 aliphatic carbocycles. The minimum Gasteiger partial charge on any atom is -0.492 e. The van der Waals surface area contributed by atoms with Crippen molar-refractivity contribution in [1.82, 2.24) is 0 Å². The number of benzene rings is 2. The molecular formula is C31H44O7. The van der Waals surface area contributed by atoms with Gasteiger partial charge >= 0.3 is 5.97 Å². The van der Waals surface area contributed by atoms with Crippen LogP contribution in [0.25, 0.3) is 0 Å². The summed E-state index contributed by atoms with van der Waals surface area (Å²) in [6.45, 7) is 4.99. The molecule has 1 aliphatic heterocycles. The van der Waals surface area contributed by atoms with Gasteiger partial charge in [-0.1, -0.05) is 77.0 Å². The van der Waals surface area contributed by atoms with Crippen LogP contribution in [0.2, 0.25) is 0 Å². The smallest absolute Gasteiger partial charge is 0.307 e. The van der Waals surface area contributed by atoms with E-state index in [4.69, 9.17) is 23.7 Å². The van der Waals surface area contributed by atoms with E-state index in [0.29, 0.717) is 30.3 Å². The van der Waals surface area contributed by atoms with Crippen LogP contribution >= 0.6 is 0 Å². The third kappa shape index (κ3) is 7.64. The van der Waals surface area contributed by atoms with Crippen molar-refractivity contribution in [3.8, 4) is 17.2 Å². The van der Waals surface area contributed by atoms with Gasteiger partial charge in [0.05, 0.1) is 12.5 Å². The first kappa shape index (κ1) is 29.8. The molecule has 7 heteroatoms. The van der Waals surface area contributed by atoms with Crippen LogP contribution in [0.4, 0.5) is 0 Å². The number of hydrogen-bond acceptors (Lipinski definition) is 6. The summed E-state index contributed by atoms with van der Waals surface area (Å²) in [4.78, 5) is 12.8. The molecule has 0 radical (unpaired) electrons. The van der Waals surface area contributed by atoms with Crippen LogP contribution < -0.4 is 14.2 Å². The van der Waals surface area contributed by atoms with Gasteiger partial charge in [-0.25, -0.2) is 0 Å². The van der Waals surface area contributed by atoms with Crippen molar-refractivity contribution in [1.29, 1.82) is 0 Å². The Bertz CT molecular complexity index is 990. The molecule has 210 valence electrons. The van der Waals surface area contributed by atoms with Crippen molar-refractivity contribution in [2.24, 2.45) is 5.92 Å². The molecule has 0 saturated carbocycles. The van der Waals surface area contributed by atoms with E-state index in [-0.39, 0.29) is 19.5 Å². The highest BCUT2D eigenvalue weighted by Gasteiger charge is 2.48. The van der Waals surface area contributed by atoms with Crippen LogP contribution in [0.3, 0.4) is 0 Å². The molecule has 0 saturated heterocycles. The summed E-state index contributed by atoms with van der Waals surface area (Å²) in [5.74, 6) is 0.420. The van der Waals surface area contributed by atoms with Crippen molar-refractivity contribution in [3.05, 3.63) is 53.6 Å². The van der Waals surface area contributed by atoms with E-state index in [2.05, 4.69) is 13.8 Å². The molecule has 0 fully saturated rings. The number of ether oxygens (including phenoxy) is 5. The largest absolute Gasteiger partial charge is 0.492 e. The van der Waals surface area contributed by atoms with Crippen LogP contribution in [0, 0.1) is 5.92 Å². The summed E-state index contributed by atoms with van der Waals surface area (Å²) in [6.07, 6.45) is 8.67. The standard InChI is InChI=1S/C31H44O7/c1-5-6-7-8-9-10-11-12-27(30(32)33)29-26-18-17-25(38-22-35-4)19-28(26)36-20-31(29,2)23-13-15-24(16-14-23)37-21-34-3/h13-19,27,29H,5-12,20-22H2,1-4H3,(H,32,33). The summed E-state index contributed by atoms with van der Waals surface area (Å²) in [6, 6.07) is 13.5. The number of carboxylic acid groups (broad SMARTS) is 1. The number of rotatable bonds is 17. The first-order valence-electron chi connectivity index (χ1n) is 13.8. The number of hydrogen-bond donors (Lipinski definition) is 1. The van der Waals surface area contributed by atoms with Crippen LogP contribution in [0.15, 0.2) is 42.5 Å². The Labute approximate surface area is 227 Å². The van der Waals surface area contributed by atoms with Crippen LogP contribution in [0.5, 0.6) is 17.2 Å². The lowest BCUT2D eigenvalue weighted by Gasteiger charge is -2.45. The van der Waals surface area contributed by atoms with Crippen molar-refractivity contribution in [2.45, 2.75) is 76.5 Å². The quantitative estimate of drug-likeness (QED) is 0.176. The third-order valence-corrected chi connectivity index (χ3v) is 7.57. The summed E-state index contributed by atoms with van der Waals surface area (Å²) in [5, 5.41) is 10.5. The van der Waals surface area contributed by atoms with Gasteiger partial charge in [0.15, 0.2) is 13.6 Å². The highest BCUT2D eigenvalue weighted by Crippen LogP contribution is 2.52. The molecule has 3 atom stereocenters. The zero-order chi connectivity index (χ0) is 27.4. The highest BCUT2D eigenvalue weighted by atomic mass is 16.7. The highest BCUT2D eigenvalue weighted by molar-refractivity contribution is 5.73. The second-order valence-corrected chi connectivity index (χ2v) is 10.4. The van der Waals surface area contributed by atoms with E-state index in [0.717, 1.165) is 30.4 Å². The Morgan fingerprint density at radius 3 is 2.18 bits per heavy atom. The minimum atomic E-state index is -0.764. The normalized spacial score (nSPS) is 19.3. The summed E-state index contributed by atoms with van der Waals surface area (Å²) < 4.78 is 27.5.